The van der Waals surface area contributed by atoms with Gasteiger partial charge in [-0.3, -0.25) is 9.59 Å². The van der Waals surface area contributed by atoms with E-state index in [2.05, 4.69) is 0 Å². The smallest absolute Gasteiger partial charge is 0.222 e. The summed E-state index contributed by atoms with van der Waals surface area (Å²) in [5.41, 5.74) is 0. The highest BCUT2D eigenvalue weighted by atomic mass is 16.3. The van der Waals surface area contributed by atoms with Gasteiger partial charge in [0.25, 0.3) is 0 Å². The Hall–Kier alpha value is -1.58. The molecule has 22 heavy (non-hydrogen) atoms. The number of furan rings is 1. The number of carbonyl (C=O) groups is 2. The molecule has 1 aromatic rings. The lowest BCUT2D eigenvalue weighted by Gasteiger charge is -2.41. The van der Waals surface area contributed by atoms with Crippen LogP contribution in [0.25, 0.3) is 0 Å². The van der Waals surface area contributed by atoms with Crippen LogP contribution in [0.2, 0.25) is 0 Å². The summed E-state index contributed by atoms with van der Waals surface area (Å²) in [4.78, 5) is 26.2. The number of ketones is 1. The van der Waals surface area contributed by atoms with Crippen LogP contribution < -0.4 is 0 Å². The number of likely N-dealkylation sites (tertiary alicyclic amines) is 1. The van der Waals surface area contributed by atoms with Crippen LogP contribution in [0.1, 0.15) is 61.9 Å². The van der Waals surface area contributed by atoms with Crippen LogP contribution in [0.4, 0.5) is 0 Å². The predicted molar refractivity (Wildman–Crippen MR) is 83.5 cm³/mol. The summed E-state index contributed by atoms with van der Waals surface area (Å²) < 4.78 is 5.08. The van der Waals surface area contributed by atoms with E-state index in [1.54, 1.807) is 12.1 Å². The molecule has 1 saturated heterocycles. The molecule has 1 aliphatic heterocycles. The van der Waals surface area contributed by atoms with Crippen molar-refractivity contribution >= 4 is 11.7 Å². The Morgan fingerprint density at radius 1 is 1.14 bits per heavy atom. The summed E-state index contributed by atoms with van der Waals surface area (Å²) >= 11 is 0. The molecular weight excluding hydrogens is 278 g/mol. The van der Waals surface area contributed by atoms with Crippen LogP contribution in [0, 0.1) is 11.8 Å². The van der Waals surface area contributed by atoms with Crippen LogP contribution in [-0.2, 0) is 4.79 Å². The molecule has 2 aliphatic rings. The molecule has 0 N–H and O–H groups in total. The zero-order valence-corrected chi connectivity index (χ0v) is 13.1. The molecule has 2 heterocycles. The van der Waals surface area contributed by atoms with Crippen molar-refractivity contribution in [3.8, 4) is 0 Å². The number of amides is 1. The average Bonchev–Trinajstić information content (AvgIpc) is 3.08. The maximum Gasteiger partial charge on any atom is 0.222 e. The zero-order valence-electron chi connectivity index (χ0n) is 13.1. The van der Waals surface area contributed by atoms with Gasteiger partial charge in [-0.1, -0.05) is 19.3 Å². The molecule has 0 spiro atoms. The van der Waals surface area contributed by atoms with Crippen molar-refractivity contribution in [2.75, 3.05) is 13.1 Å². The molecule has 1 amide bonds. The number of fused-ring (bicyclic) bond motifs is 1. The maximum atomic E-state index is 12.3. The minimum atomic E-state index is -0.0104. The molecule has 4 nitrogen and oxygen atoms in total. The largest absolute Gasteiger partial charge is 0.461 e. The number of Topliss-reactive ketones (excluding diaryl/α,β-unsaturated/α-hetero) is 1. The van der Waals surface area contributed by atoms with E-state index in [1.165, 1.54) is 38.4 Å². The number of hydrogen-bond donors (Lipinski definition) is 0. The van der Waals surface area contributed by atoms with E-state index in [0.29, 0.717) is 25.0 Å². The summed E-state index contributed by atoms with van der Waals surface area (Å²) in [6.07, 6.45) is 9.47. The highest BCUT2D eigenvalue weighted by molar-refractivity contribution is 5.93. The lowest BCUT2D eigenvalue weighted by molar-refractivity contribution is -0.134. The molecule has 2 atom stereocenters. The zero-order chi connectivity index (χ0) is 15.4. The molecule has 4 heteroatoms. The van der Waals surface area contributed by atoms with Crippen molar-refractivity contribution in [1.82, 2.24) is 4.90 Å². The molecule has 0 aromatic carbocycles. The van der Waals surface area contributed by atoms with E-state index in [0.717, 1.165) is 24.9 Å². The van der Waals surface area contributed by atoms with Crippen LogP contribution in [0.3, 0.4) is 0 Å². The van der Waals surface area contributed by atoms with Gasteiger partial charge >= 0.3 is 0 Å². The summed E-state index contributed by atoms with van der Waals surface area (Å²) in [6, 6.07) is 3.39. The molecule has 2 fully saturated rings. The van der Waals surface area contributed by atoms with Gasteiger partial charge in [0.15, 0.2) is 11.5 Å². The van der Waals surface area contributed by atoms with E-state index in [-0.39, 0.29) is 11.7 Å². The Morgan fingerprint density at radius 2 is 1.95 bits per heavy atom. The normalized spacial score (nSPS) is 24.8. The first-order chi connectivity index (χ1) is 10.7. The third-order valence-electron chi connectivity index (χ3n) is 5.23. The fourth-order valence-corrected chi connectivity index (χ4v) is 3.95. The Balaban J connectivity index is 1.41. The Kier molecular flexibility index (Phi) is 4.96. The van der Waals surface area contributed by atoms with Crippen LogP contribution in [-0.4, -0.2) is 29.7 Å². The van der Waals surface area contributed by atoms with E-state index in [9.17, 15) is 9.59 Å². The molecule has 120 valence electrons. The molecule has 3 rings (SSSR count). The van der Waals surface area contributed by atoms with E-state index in [1.807, 2.05) is 4.90 Å². The summed E-state index contributed by atoms with van der Waals surface area (Å²) in [7, 11) is 0. The molecular formula is C18H25NO3. The highest BCUT2D eigenvalue weighted by Crippen LogP contribution is 2.36. The van der Waals surface area contributed by atoms with E-state index in [4.69, 9.17) is 4.42 Å². The summed E-state index contributed by atoms with van der Waals surface area (Å²) in [5.74, 6) is 2.17. The maximum absolute atomic E-state index is 12.3. The lowest BCUT2D eigenvalue weighted by Crippen LogP contribution is -2.44. The lowest BCUT2D eigenvalue weighted by atomic mass is 9.75. The fourth-order valence-electron chi connectivity index (χ4n) is 3.95. The van der Waals surface area contributed by atoms with Crippen molar-refractivity contribution in [3.63, 3.8) is 0 Å². The average molecular weight is 303 g/mol. The second-order valence-corrected chi connectivity index (χ2v) is 6.69. The third-order valence-corrected chi connectivity index (χ3v) is 5.23. The van der Waals surface area contributed by atoms with Crippen LogP contribution in [0.15, 0.2) is 22.8 Å². The summed E-state index contributed by atoms with van der Waals surface area (Å²) in [6.45, 7) is 1.85. The van der Waals surface area contributed by atoms with Crippen LogP contribution in [0.5, 0.6) is 0 Å². The van der Waals surface area contributed by atoms with Gasteiger partial charge in [-0.15, -0.1) is 0 Å². The first kappa shape index (κ1) is 15.3. The topological polar surface area (TPSA) is 50.5 Å². The van der Waals surface area contributed by atoms with Crippen molar-refractivity contribution in [3.05, 3.63) is 24.2 Å². The van der Waals surface area contributed by atoms with Crippen LogP contribution >= 0.6 is 0 Å². The van der Waals surface area contributed by atoms with Gasteiger partial charge < -0.3 is 9.32 Å². The van der Waals surface area contributed by atoms with Gasteiger partial charge in [0, 0.05) is 25.9 Å². The fraction of sp³-hybridized carbons (Fsp3) is 0.667. The van der Waals surface area contributed by atoms with Gasteiger partial charge in [-0.2, -0.15) is 0 Å². The van der Waals surface area contributed by atoms with Crippen molar-refractivity contribution in [1.29, 1.82) is 0 Å². The molecule has 1 aliphatic carbocycles. The number of piperidine rings is 1. The minimum absolute atomic E-state index is 0.0104. The molecule has 1 aromatic heterocycles. The second-order valence-electron chi connectivity index (χ2n) is 6.69. The standard InChI is InChI=1S/C18H25NO3/c20-16(17-8-4-12-22-17)7-3-9-18(21)19-11-10-14-5-1-2-6-15(14)13-19/h4,8,12,14-15H,1-3,5-7,9-11,13H2. The van der Waals surface area contributed by atoms with Gasteiger partial charge in [-0.05, 0) is 43.2 Å². The van der Waals surface area contributed by atoms with Gasteiger partial charge in [-0.25, -0.2) is 0 Å². The van der Waals surface area contributed by atoms with Crippen molar-refractivity contribution in [2.45, 2.75) is 51.4 Å². The number of nitrogens with zero attached hydrogens (tertiary/aromatic N) is 1. The van der Waals surface area contributed by atoms with Crippen molar-refractivity contribution in [2.24, 2.45) is 11.8 Å². The predicted octanol–water partition coefficient (Wildman–Crippen LogP) is 3.67. The van der Waals surface area contributed by atoms with Crippen molar-refractivity contribution < 1.29 is 14.0 Å². The molecule has 2 unspecified atom stereocenters. The molecule has 1 saturated carbocycles. The monoisotopic (exact) mass is 303 g/mol. The second kappa shape index (κ2) is 7.12. The Morgan fingerprint density at radius 3 is 2.73 bits per heavy atom. The Labute approximate surface area is 131 Å². The summed E-state index contributed by atoms with van der Waals surface area (Å²) in [5, 5.41) is 0. The number of hydrogen-bond acceptors (Lipinski definition) is 3. The van der Waals surface area contributed by atoms with Gasteiger partial charge in [0.1, 0.15) is 0 Å². The number of carbonyl (C=O) groups excluding carboxylic acids is 2. The third kappa shape index (κ3) is 3.60. The number of rotatable bonds is 5. The first-order valence-electron chi connectivity index (χ1n) is 8.58. The van der Waals surface area contributed by atoms with E-state index < -0.39 is 0 Å². The quantitative estimate of drug-likeness (QED) is 0.780. The first-order valence-corrected chi connectivity index (χ1v) is 8.58. The molecule has 0 radical (unpaired) electrons. The SMILES string of the molecule is O=C(CCCC(=O)N1CCC2CCCCC2C1)c1ccco1. The Bertz CT molecular complexity index is 508. The van der Waals surface area contributed by atoms with Gasteiger partial charge in [0.2, 0.25) is 5.91 Å². The molecule has 0 bridgehead atoms. The minimum Gasteiger partial charge on any atom is -0.461 e. The van der Waals surface area contributed by atoms with Gasteiger partial charge in [0.05, 0.1) is 6.26 Å². The highest BCUT2D eigenvalue weighted by Gasteiger charge is 2.32. The van der Waals surface area contributed by atoms with E-state index >= 15 is 0 Å².